The van der Waals surface area contributed by atoms with Crippen LogP contribution in [0.5, 0.6) is 0 Å². The van der Waals surface area contributed by atoms with Gasteiger partial charge in [-0.1, -0.05) is 83.9 Å². The number of hydrogen-bond donors (Lipinski definition) is 1. The van der Waals surface area contributed by atoms with Gasteiger partial charge in [-0.25, -0.2) is 0 Å². The fraction of sp³-hybridized carbons (Fsp3) is 0.259. The van der Waals surface area contributed by atoms with Gasteiger partial charge in [-0.05, 0) is 42.2 Å². The van der Waals surface area contributed by atoms with Crippen LogP contribution in [0.3, 0.4) is 0 Å². The van der Waals surface area contributed by atoms with Gasteiger partial charge in [0.15, 0.2) is 0 Å². The fourth-order valence-electron chi connectivity index (χ4n) is 3.70. The van der Waals surface area contributed by atoms with E-state index in [9.17, 15) is 9.59 Å². The van der Waals surface area contributed by atoms with E-state index in [1.165, 1.54) is 5.56 Å². The third-order valence-corrected chi connectivity index (χ3v) is 5.74. The van der Waals surface area contributed by atoms with E-state index >= 15 is 0 Å². The Hall–Kier alpha value is -3.11. The summed E-state index contributed by atoms with van der Waals surface area (Å²) < 4.78 is 0. The highest BCUT2D eigenvalue weighted by atomic mass is 35.5. The summed E-state index contributed by atoms with van der Waals surface area (Å²) in [5, 5.41) is 3.34. The van der Waals surface area contributed by atoms with Crippen molar-refractivity contribution < 1.29 is 9.59 Å². The molecule has 0 radical (unpaired) electrons. The van der Waals surface area contributed by atoms with Gasteiger partial charge in [0, 0.05) is 31.5 Å². The van der Waals surface area contributed by atoms with Crippen molar-refractivity contribution in [2.75, 3.05) is 7.05 Å². The van der Waals surface area contributed by atoms with Crippen molar-refractivity contribution in [3.05, 3.63) is 106 Å². The Morgan fingerprint density at radius 2 is 1.59 bits per heavy atom. The van der Waals surface area contributed by atoms with E-state index in [-0.39, 0.29) is 11.8 Å². The molecule has 1 N–H and O–H groups in total. The number of amides is 2. The van der Waals surface area contributed by atoms with Crippen molar-refractivity contribution in [1.82, 2.24) is 10.2 Å². The van der Waals surface area contributed by atoms with E-state index in [1.807, 2.05) is 79.7 Å². The van der Waals surface area contributed by atoms with Crippen LogP contribution in [0.2, 0.25) is 5.02 Å². The summed E-state index contributed by atoms with van der Waals surface area (Å²) in [5.74, 6) is -0.241. The molecule has 3 rings (SSSR count). The second kappa shape index (κ2) is 11.5. The van der Waals surface area contributed by atoms with Crippen molar-refractivity contribution in [2.45, 2.75) is 38.8 Å². The summed E-state index contributed by atoms with van der Waals surface area (Å²) in [5.41, 5.74) is 4.18. The minimum atomic E-state index is -0.619. The van der Waals surface area contributed by atoms with E-state index in [0.717, 1.165) is 16.7 Å². The number of rotatable bonds is 9. The number of carbonyl (C=O) groups is 2. The van der Waals surface area contributed by atoms with Gasteiger partial charge < -0.3 is 10.2 Å². The van der Waals surface area contributed by atoms with Crippen LogP contribution >= 0.6 is 11.6 Å². The SMILES string of the molecule is CNC(=O)[C@H](Cc1ccccc1)N(Cc1cccc(Cl)c1)C(=O)CCc1ccc(C)cc1. The molecule has 0 aliphatic rings. The highest BCUT2D eigenvalue weighted by Crippen LogP contribution is 2.19. The molecule has 0 aromatic heterocycles. The van der Waals surface area contributed by atoms with Crippen LogP contribution in [0.1, 0.15) is 28.7 Å². The van der Waals surface area contributed by atoms with Crippen LogP contribution in [-0.4, -0.2) is 29.8 Å². The smallest absolute Gasteiger partial charge is 0.242 e. The van der Waals surface area contributed by atoms with Crippen LogP contribution < -0.4 is 5.32 Å². The second-order valence-corrected chi connectivity index (χ2v) is 8.39. The maximum Gasteiger partial charge on any atom is 0.242 e. The van der Waals surface area contributed by atoms with E-state index < -0.39 is 6.04 Å². The van der Waals surface area contributed by atoms with Gasteiger partial charge in [0.1, 0.15) is 6.04 Å². The summed E-state index contributed by atoms with van der Waals surface area (Å²) in [4.78, 5) is 28.0. The summed E-state index contributed by atoms with van der Waals surface area (Å²) in [6.07, 6.45) is 1.39. The van der Waals surface area contributed by atoms with Gasteiger partial charge >= 0.3 is 0 Å². The number of aryl methyl sites for hydroxylation is 2. The molecule has 3 aromatic rings. The van der Waals surface area contributed by atoms with Crippen molar-refractivity contribution in [3.63, 3.8) is 0 Å². The summed E-state index contributed by atoms with van der Waals surface area (Å²) in [6.45, 7) is 2.36. The number of halogens is 1. The first-order chi connectivity index (χ1) is 15.5. The predicted molar refractivity (Wildman–Crippen MR) is 130 cm³/mol. The second-order valence-electron chi connectivity index (χ2n) is 7.96. The molecule has 0 saturated carbocycles. The van der Waals surface area contributed by atoms with Gasteiger partial charge in [-0.2, -0.15) is 0 Å². The molecule has 0 heterocycles. The van der Waals surface area contributed by atoms with E-state index in [1.54, 1.807) is 18.0 Å². The highest BCUT2D eigenvalue weighted by molar-refractivity contribution is 6.30. The van der Waals surface area contributed by atoms with Crippen molar-refractivity contribution >= 4 is 23.4 Å². The highest BCUT2D eigenvalue weighted by Gasteiger charge is 2.29. The Balaban J connectivity index is 1.86. The Morgan fingerprint density at radius 1 is 0.906 bits per heavy atom. The average molecular weight is 449 g/mol. The molecule has 0 fully saturated rings. The molecule has 0 spiro atoms. The Morgan fingerprint density at radius 3 is 2.25 bits per heavy atom. The van der Waals surface area contributed by atoms with E-state index in [2.05, 4.69) is 5.32 Å². The van der Waals surface area contributed by atoms with Crippen LogP contribution in [0.15, 0.2) is 78.9 Å². The molecule has 166 valence electrons. The zero-order chi connectivity index (χ0) is 22.9. The summed E-state index contributed by atoms with van der Waals surface area (Å²) in [6, 6.07) is 24.8. The number of carbonyl (C=O) groups excluding carboxylic acids is 2. The molecule has 32 heavy (non-hydrogen) atoms. The largest absolute Gasteiger partial charge is 0.357 e. The zero-order valence-electron chi connectivity index (χ0n) is 18.6. The van der Waals surface area contributed by atoms with Crippen molar-refractivity contribution in [1.29, 1.82) is 0 Å². The Bertz CT molecular complexity index is 1040. The molecule has 0 unspecified atom stereocenters. The van der Waals surface area contributed by atoms with Crippen molar-refractivity contribution in [2.24, 2.45) is 0 Å². The molecular weight excluding hydrogens is 420 g/mol. The monoisotopic (exact) mass is 448 g/mol. The summed E-state index contributed by atoms with van der Waals surface area (Å²) in [7, 11) is 1.61. The van der Waals surface area contributed by atoms with Gasteiger partial charge in [-0.15, -0.1) is 0 Å². The summed E-state index contributed by atoms with van der Waals surface area (Å²) >= 11 is 6.18. The number of likely N-dealkylation sites (N-methyl/N-ethyl adjacent to an activating group) is 1. The van der Waals surface area contributed by atoms with Gasteiger partial charge in [0.05, 0.1) is 0 Å². The quantitative estimate of drug-likeness (QED) is 0.502. The maximum absolute atomic E-state index is 13.4. The number of nitrogens with one attached hydrogen (secondary N) is 1. The predicted octanol–water partition coefficient (Wildman–Crippen LogP) is 4.97. The molecule has 0 aliphatic carbocycles. The van der Waals surface area contributed by atoms with Crippen molar-refractivity contribution in [3.8, 4) is 0 Å². The lowest BCUT2D eigenvalue weighted by Crippen LogP contribution is -2.49. The van der Waals surface area contributed by atoms with Crippen LogP contribution in [-0.2, 0) is 29.0 Å². The Labute approximate surface area is 195 Å². The minimum Gasteiger partial charge on any atom is -0.357 e. The van der Waals surface area contributed by atoms with Crippen LogP contribution in [0.25, 0.3) is 0 Å². The molecule has 0 bridgehead atoms. The normalized spacial score (nSPS) is 11.6. The van der Waals surface area contributed by atoms with Crippen LogP contribution in [0, 0.1) is 6.92 Å². The first-order valence-electron chi connectivity index (χ1n) is 10.8. The Kier molecular flexibility index (Phi) is 8.46. The molecule has 5 heteroatoms. The van der Waals surface area contributed by atoms with Crippen LogP contribution in [0.4, 0.5) is 0 Å². The lowest BCUT2D eigenvalue weighted by molar-refractivity contribution is -0.141. The van der Waals surface area contributed by atoms with Gasteiger partial charge in [0.2, 0.25) is 11.8 Å². The molecular formula is C27H29ClN2O2. The lowest BCUT2D eigenvalue weighted by atomic mass is 10.0. The third kappa shape index (κ3) is 6.69. The molecule has 0 aliphatic heterocycles. The zero-order valence-corrected chi connectivity index (χ0v) is 19.3. The molecule has 1 atom stereocenters. The van der Waals surface area contributed by atoms with E-state index in [0.29, 0.717) is 30.8 Å². The molecule has 2 amide bonds. The minimum absolute atomic E-state index is 0.0601. The number of benzene rings is 3. The van der Waals surface area contributed by atoms with Gasteiger partial charge in [0.25, 0.3) is 0 Å². The maximum atomic E-state index is 13.4. The lowest BCUT2D eigenvalue weighted by Gasteiger charge is -2.31. The molecule has 0 saturated heterocycles. The first kappa shape index (κ1) is 23.6. The number of nitrogens with zero attached hydrogens (tertiary/aromatic N) is 1. The fourth-order valence-corrected chi connectivity index (χ4v) is 3.92. The molecule has 4 nitrogen and oxygen atoms in total. The average Bonchev–Trinajstić information content (AvgIpc) is 2.81. The van der Waals surface area contributed by atoms with Gasteiger partial charge in [-0.3, -0.25) is 9.59 Å². The third-order valence-electron chi connectivity index (χ3n) is 5.51. The number of hydrogen-bond acceptors (Lipinski definition) is 2. The molecule has 3 aromatic carbocycles. The first-order valence-corrected chi connectivity index (χ1v) is 11.2. The van der Waals surface area contributed by atoms with E-state index in [4.69, 9.17) is 11.6 Å². The standard InChI is InChI=1S/C27H29ClN2O2/c1-20-11-13-21(14-12-20)15-16-26(31)30(19-23-9-6-10-24(28)17-23)25(27(32)29-2)18-22-7-4-3-5-8-22/h3-14,17,25H,15-16,18-19H2,1-2H3,(H,29,32)/t25-/m0/s1. The topological polar surface area (TPSA) is 49.4 Å².